The minimum atomic E-state index is -1.19. The number of aromatic hydroxyl groups is 1. The van der Waals surface area contributed by atoms with Crippen LogP contribution in [0.5, 0.6) is 5.75 Å². The van der Waals surface area contributed by atoms with Crippen LogP contribution in [-0.4, -0.2) is 76.3 Å². The van der Waals surface area contributed by atoms with Crippen molar-refractivity contribution in [2.45, 2.75) is 63.7 Å². The molecule has 38 heavy (non-hydrogen) atoms. The summed E-state index contributed by atoms with van der Waals surface area (Å²) in [6.07, 6.45) is 1.13. The van der Waals surface area contributed by atoms with Gasteiger partial charge in [0, 0.05) is 12.3 Å². The predicted octanol–water partition coefficient (Wildman–Crippen LogP) is -1.17. The van der Waals surface area contributed by atoms with Gasteiger partial charge in [0.25, 0.3) is 0 Å². The number of phenolic OH excluding ortho intramolecular Hbond substituents is 1. The van der Waals surface area contributed by atoms with Crippen LogP contribution in [0.15, 0.2) is 29.3 Å². The average molecular weight is 554 g/mol. The van der Waals surface area contributed by atoms with E-state index >= 15 is 0 Å². The highest BCUT2D eigenvalue weighted by Gasteiger charge is 2.31. The third kappa shape index (κ3) is 11.3. The van der Waals surface area contributed by atoms with Gasteiger partial charge < -0.3 is 43.4 Å². The van der Waals surface area contributed by atoms with E-state index in [1.54, 1.807) is 26.0 Å². The number of guanidine groups is 1. The van der Waals surface area contributed by atoms with Gasteiger partial charge in [0.15, 0.2) is 5.96 Å². The van der Waals surface area contributed by atoms with Gasteiger partial charge in [-0.3, -0.25) is 19.4 Å². The van der Waals surface area contributed by atoms with Crippen LogP contribution in [0.2, 0.25) is 0 Å². The smallest absolute Gasteiger partial charge is 0.326 e. The first kappa shape index (κ1) is 32.5. The number of aliphatic imine (C=N–C) groups is 1. The molecule has 13 nitrogen and oxygen atoms in total. The zero-order valence-electron chi connectivity index (χ0n) is 21.6. The fourth-order valence-electron chi connectivity index (χ4n) is 3.43. The normalized spacial score (nSPS) is 14.7. The third-order valence-corrected chi connectivity index (χ3v) is 6.26. The van der Waals surface area contributed by atoms with E-state index in [4.69, 9.17) is 17.2 Å². The summed E-state index contributed by atoms with van der Waals surface area (Å²) < 4.78 is 0. The summed E-state index contributed by atoms with van der Waals surface area (Å²) in [6, 6.07) is 1.82. The van der Waals surface area contributed by atoms with Gasteiger partial charge in [-0.25, -0.2) is 4.79 Å². The average Bonchev–Trinajstić information content (AvgIpc) is 2.87. The Hall–Kier alpha value is -3.52. The second-order valence-corrected chi connectivity index (χ2v) is 9.31. The van der Waals surface area contributed by atoms with E-state index in [0.717, 1.165) is 0 Å². The van der Waals surface area contributed by atoms with Gasteiger partial charge in [-0.05, 0) is 42.9 Å². The highest BCUT2D eigenvalue weighted by Crippen LogP contribution is 2.12. The number of hydrogen-bond donors (Lipinski definition) is 9. The summed E-state index contributed by atoms with van der Waals surface area (Å²) in [5, 5.41) is 26.5. The number of carbonyl (C=O) groups is 4. The minimum Gasteiger partial charge on any atom is -0.508 e. The molecule has 5 unspecified atom stereocenters. The molecule has 1 aromatic carbocycles. The van der Waals surface area contributed by atoms with Crippen LogP contribution >= 0.6 is 12.6 Å². The Morgan fingerprint density at radius 2 is 1.58 bits per heavy atom. The molecule has 0 aliphatic rings. The van der Waals surface area contributed by atoms with Gasteiger partial charge in [0.05, 0.1) is 6.04 Å². The maximum Gasteiger partial charge on any atom is 0.326 e. The van der Waals surface area contributed by atoms with E-state index in [0.29, 0.717) is 18.4 Å². The van der Waals surface area contributed by atoms with Crippen molar-refractivity contribution >= 4 is 42.3 Å². The number of phenols is 1. The predicted molar refractivity (Wildman–Crippen MR) is 146 cm³/mol. The number of nitrogens with two attached hydrogens (primary N) is 3. The Kier molecular flexibility index (Phi) is 14.0. The van der Waals surface area contributed by atoms with Gasteiger partial charge in [0.1, 0.15) is 23.9 Å². The van der Waals surface area contributed by atoms with Crippen LogP contribution in [0.25, 0.3) is 0 Å². The lowest BCUT2D eigenvalue weighted by atomic mass is 9.99. The van der Waals surface area contributed by atoms with Crippen LogP contribution in [0.4, 0.5) is 0 Å². The fraction of sp³-hybridized carbons (Fsp3) is 0.542. The Morgan fingerprint density at radius 1 is 1.00 bits per heavy atom. The summed E-state index contributed by atoms with van der Waals surface area (Å²) in [5.41, 5.74) is 17.4. The maximum atomic E-state index is 13.1. The molecule has 14 heteroatoms. The van der Waals surface area contributed by atoms with E-state index in [-0.39, 0.29) is 42.8 Å². The van der Waals surface area contributed by atoms with Crippen molar-refractivity contribution in [2.24, 2.45) is 28.1 Å². The van der Waals surface area contributed by atoms with Gasteiger partial charge in [-0.1, -0.05) is 32.4 Å². The fourth-order valence-corrected chi connectivity index (χ4v) is 3.69. The van der Waals surface area contributed by atoms with Gasteiger partial charge in [-0.15, -0.1) is 0 Å². The quantitative estimate of drug-likeness (QED) is 0.0518. The molecule has 3 amide bonds. The highest BCUT2D eigenvalue weighted by atomic mass is 32.1. The molecule has 0 spiro atoms. The number of nitrogens with one attached hydrogen (secondary N) is 3. The van der Waals surface area contributed by atoms with Gasteiger partial charge in [0.2, 0.25) is 17.7 Å². The molecule has 0 fully saturated rings. The molecule has 212 valence electrons. The third-order valence-electron chi connectivity index (χ3n) is 5.90. The first-order chi connectivity index (χ1) is 17.9. The Balaban J connectivity index is 2.94. The number of aliphatic carboxylic acids is 1. The molecule has 1 aromatic rings. The van der Waals surface area contributed by atoms with Crippen LogP contribution < -0.4 is 33.2 Å². The lowest BCUT2D eigenvalue weighted by Gasteiger charge is -2.26. The van der Waals surface area contributed by atoms with Crippen molar-refractivity contribution in [1.29, 1.82) is 0 Å². The molecule has 0 radical (unpaired) electrons. The lowest BCUT2D eigenvalue weighted by molar-refractivity contribution is -0.143. The highest BCUT2D eigenvalue weighted by molar-refractivity contribution is 7.80. The van der Waals surface area contributed by atoms with E-state index in [2.05, 4.69) is 33.6 Å². The van der Waals surface area contributed by atoms with Crippen molar-refractivity contribution in [1.82, 2.24) is 16.0 Å². The minimum absolute atomic E-state index is 0.0749. The lowest BCUT2D eigenvalue weighted by Crippen LogP contribution is -2.58. The number of carbonyl (C=O) groups excluding carboxylic acids is 3. The molecule has 0 saturated heterocycles. The summed E-state index contributed by atoms with van der Waals surface area (Å²) in [5.74, 6) is -3.68. The monoisotopic (exact) mass is 553 g/mol. The van der Waals surface area contributed by atoms with E-state index in [1.807, 2.05) is 0 Å². The van der Waals surface area contributed by atoms with Crippen LogP contribution in [0, 0.1) is 5.92 Å². The zero-order chi connectivity index (χ0) is 28.8. The van der Waals surface area contributed by atoms with E-state index in [1.165, 1.54) is 12.1 Å². The Bertz CT molecular complexity index is 972. The molecule has 1 rings (SSSR count). The number of carboxylic acid groups (broad SMARTS) is 1. The summed E-state index contributed by atoms with van der Waals surface area (Å²) >= 11 is 4.13. The van der Waals surface area contributed by atoms with E-state index < -0.39 is 47.9 Å². The van der Waals surface area contributed by atoms with Gasteiger partial charge >= 0.3 is 5.97 Å². The largest absolute Gasteiger partial charge is 0.508 e. The second kappa shape index (κ2) is 16.3. The van der Waals surface area contributed by atoms with Crippen LogP contribution in [-0.2, 0) is 25.6 Å². The van der Waals surface area contributed by atoms with E-state index in [9.17, 15) is 29.4 Å². The van der Waals surface area contributed by atoms with Crippen molar-refractivity contribution in [3.8, 4) is 5.75 Å². The topological polar surface area (TPSA) is 235 Å². The number of rotatable bonds is 16. The molecular weight excluding hydrogens is 514 g/mol. The van der Waals surface area contributed by atoms with Crippen molar-refractivity contribution in [3.63, 3.8) is 0 Å². The molecule has 11 N–H and O–H groups in total. The van der Waals surface area contributed by atoms with Crippen molar-refractivity contribution in [3.05, 3.63) is 29.8 Å². The maximum absolute atomic E-state index is 13.1. The summed E-state index contributed by atoms with van der Waals surface area (Å²) in [6.45, 7) is 3.69. The standard InChI is InChI=1S/C24H39N7O6S/c1-3-13(2)19(23(36)37)31-22(35)18(12-38)30-21(34)17(5-4-10-28-24(26)27)29-20(33)16(25)11-14-6-8-15(32)9-7-14/h6-9,13,16-19,32,38H,3-5,10-12,25H2,1-2H3,(H,29,33)(H,30,34)(H,31,35)(H,36,37)(H4,26,27,28). The van der Waals surface area contributed by atoms with Gasteiger partial charge in [-0.2, -0.15) is 12.6 Å². The van der Waals surface area contributed by atoms with Crippen LogP contribution in [0.1, 0.15) is 38.7 Å². The number of thiol groups is 1. The second-order valence-electron chi connectivity index (χ2n) is 8.94. The molecule has 0 heterocycles. The van der Waals surface area contributed by atoms with Crippen molar-refractivity contribution in [2.75, 3.05) is 12.3 Å². The van der Waals surface area contributed by atoms with Crippen LogP contribution in [0.3, 0.4) is 0 Å². The Labute approximate surface area is 227 Å². The molecule has 0 aromatic heterocycles. The summed E-state index contributed by atoms with van der Waals surface area (Å²) in [7, 11) is 0. The first-order valence-electron chi connectivity index (χ1n) is 12.2. The molecule has 0 saturated carbocycles. The molecule has 0 bridgehead atoms. The molecule has 5 atom stereocenters. The SMILES string of the molecule is CCC(C)C(NC(=O)C(CS)NC(=O)C(CCCN=C(N)N)NC(=O)C(N)Cc1ccc(O)cc1)C(=O)O. The zero-order valence-corrected chi connectivity index (χ0v) is 22.5. The number of nitrogens with zero attached hydrogens (tertiary/aromatic N) is 1. The number of carboxylic acids is 1. The Morgan fingerprint density at radius 3 is 2.11 bits per heavy atom. The number of amides is 3. The molecular formula is C24H39N7O6S. The molecule has 0 aliphatic carbocycles. The first-order valence-corrected chi connectivity index (χ1v) is 12.9. The number of hydrogen-bond acceptors (Lipinski definition) is 8. The summed E-state index contributed by atoms with van der Waals surface area (Å²) in [4.78, 5) is 54.1. The molecule has 0 aliphatic heterocycles. The number of benzene rings is 1. The van der Waals surface area contributed by atoms with Crippen molar-refractivity contribution < 1.29 is 29.4 Å².